The molecule has 9 heteroatoms. The van der Waals surface area contributed by atoms with E-state index in [2.05, 4.69) is 5.32 Å². The number of nitrogens with one attached hydrogen (secondary N) is 1. The van der Waals surface area contributed by atoms with Crippen LogP contribution in [-0.2, 0) is 4.79 Å². The fourth-order valence-electron chi connectivity index (χ4n) is 3.98. The Bertz CT molecular complexity index is 727. The van der Waals surface area contributed by atoms with Gasteiger partial charge in [0.05, 0.1) is 13.7 Å². The Morgan fingerprint density at radius 3 is 2.86 bits per heavy atom. The largest absolute Gasteiger partial charge is 0.493 e. The Hall–Kier alpha value is -2.19. The van der Waals surface area contributed by atoms with Crippen molar-refractivity contribution in [3.05, 3.63) is 17.7 Å². The molecule has 8 nitrogen and oxygen atoms in total. The van der Waals surface area contributed by atoms with E-state index in [-0.39, 0.29) is 30.3 Å². The molecule has 1 unspecified atom stereocenters. The van der Waals surface area contributed by atoms with Crippen molar-refractivity contribution in [2.75, 3.05) is 53.0 Å². The molecular weight excluding hydrogens is 386 g/mol. The number of piperidine rings is 1. The minimum absolute atomic E-state index is 0. The zero-order valence-corrected chi connectivity index (χ0v) is 16.8. The van der Waals surface area contributed by atoms with Crippen LogP contribution in [0.1, 0.15) is 23.2 Å². The van der Waals surface area contributed by atoms with Crippen LogP contribution in [0.15, 0.2) is 12.1 Å². The summed E-state index contributed by atoms with van der Waals surface area (Å²) in [7, 11) is 1.55. The van der Waals surface area contributed by atoms with Gasteiger partial charge >= 0.3 is 0 Å². The lowest BCUT2D eigenvalue weighted by Gasteiger charge is -2.41. The molecule has 1 aromatic rings. The standard InChI is InChI=1S/C19H25N3O5.ClH/c1-25-15-9-13(10-16-18(15)27-8-7-26-16)19(24)21-5-2-3-14(12-21)22-6-4-20-11-17(22)23;/h9-10,14,20H,2-8,11-12H2,1H3;1H. The molecule has 2 fully saturated rings. The first kappa shape index (κ1) is 20.5. The fourth-order valence-corrected chi connectivity index (χ4v) is 3.98. The first-order valence-corrected chi connectivity index (χ1v) is 9.44. The van der Waals surface area contributed by atoms with Crippen LogP contribution in [0, 0.1) is 0 Å². The highest BCUT2D eigenvalue weighted by molar-refractivity contribution is 5.96. The first-order valence-electron chi connectivity index (χ1n) is 9.44. The van der Waals surface area contributed by atoms with Crippen LogP contribution in [0.4, 0.5) is 0 Å². The van der Waals surface area contributed by atoms with Crippen molar-refractivity contribution in [1.82, 2.24) is 15.1 Å². The van der Waals surface area contributed by atoms with Crippen LogP contribution in [0.3, 0.4) is 0 Å². The van der Waals surface area contributed by atoms with Gasteiger partial charge in [-0.1, -0.05) is 0 Å². The predicted molar refractivity (Wildman–Crippen MR) is 105 cm³/mol. The summed E-state index contributed by atoms with van der Waals surface area (Å²) in [5, 5.41) is 3.09. The number of methoxy groups -OCH3 is 1. The number of nitrogens with zero attached hydrogens (tertiary/aromatic N) is 2. The van der Waals surface area contributed by atoms with Gasteiger partial charge in [-0.2, -0.15) is 0 Å². The van der Waals surface area contributed by atoms with E-state index in [1.807, 2.05) is 9.80 Å². The smallest absolute Gasteiger partial charge is 0.254 e. The van der Waals surface area contributed by atoms with E-state index in [1.54, 1.807) is 19.2 Å². The molecule has 1 aromatic carbocycles. The van der Waals surface area contributed by atoms with Gasteiger partial charge in [0.15, 0.2) is 11.5 Å². The number of fused-ring (bicyclic) bond motifs is 1. The SMILES string of the molecule is COc1cc(C(=O)N2CCCC(N3CCNCC3=O)C2)cc2c1OCCO2.Cl. The predicted octanol–water partition coefficient (Wildman–Crippen LogP) is 0.925. The van der Waals surface area contributed by atoms with Crippen LogP contribution in [0.2, 0.25) is 0 Å². The second kappa shape index (κ2) is 8.87. The Labute approximate surface area is 170 Å². The lowest BCUT2D eigenvalue weighted by molar-refractivity contribution is -0.135. The number of benzene rings is 1. The van der Waals surface area contributed by atoms with Gasteiger partial charge in [-0.3, -0.25) is 9.59 Å². The summed E-state index contributed by atoms with van der Waals surface area (Å²) in [5.41, 5.74) is 0.517. The van der Waals surface area contributed by atoms with Crippen LogP contribution >= 0.6 is 12.4 Å². The molecule has 4 rings (SSSR count). The molecule has 3 heterocycles. The van der Waals surface area contributed by atoms with E-state index in [0.717, 1.165) is 19.4 Å². The van der Waals surface area contributed by atoms with Crippen molar-refractivity contribution in [3.63, 3.8) is 0 Å². The number of hydrogen-bond donors (Lipinski definition) is 1. The summed E-state index contributed by atoms with van der Waals surface area (Å²) in [6, 6.07) is 3.50. The quantitative estimate of drug-likeness (QED) is 0.796. The molecule has 3 aliphatic heterocycles. The molecule has 1 atom stereocenters. The molecule has 154 valence electrons. The summed E-state index contributed by atoms with van der Waals surface area (Å²) in [4.78, 5) is 29.1. The summed E-state index contributed by atoms with van der Waals surface area (Å²) < 4.78 is 16.6. The van der Waals surface area contributed by atoms with Crippen molar-refractivity contribution in [1.29, 1.82) is 0 Å². The van der Waals surface area contributed by atoms with E-state index >= 15 is 0 Å². The summed E-state index contributed by atoms with van der Waals surface area (Å²) >= 11 is 0. The van der Waals surface area contributed by atoms with Gasteiger partial charge < -0.3 is 29.3 Å². The van der Waals surface area contributed by atoms with Crippen LogP contribution < -0.4 is 19.5 Å². The third-order valence-corrected chi connectivity index (χ3v) is 5.33. The number of carbonyl (C=O) groups is 2. The van der Waals surface area contributed by atoms with E-state index in [9.17, 15) is 9.59 Å². The molecule has 0 radical (unpaired) electrons. The summed E-state index contributed by atoms with van der Waals surface area (Å²) in [6.07, 6.45) is 1.81. The highest BCUT2D eigenvalue weighted by atomic mass is 35.5. The minimum Gasteiger partial charge on any atom is -0.493 e. The molecule has 3 aliphatic rings. The van der Waals surface area contributed by atoms with Crippen LogP contribution in [-0.4, -0.2) is 80.7 Å². The van der Waals surface area contributed by atoms with Gasteiger partial charge in [0, 0.05) is 37.8 Å². The number of amides is 2. The molecule has 2 amide bonds. The van der Waals surface area contributed by atoms with Gasteiger partial charge in [-0.25, -0.2) is 0 Å². The van der Waals surface area contributed by atoms with E-state index < -0.39 is 0 Å². The zero-order chi connectivity index (χ0) is 18.8. The monoisotopic (exact) mass is 411 g/mol. The zero-order valence-electron chi connectivity index (χ0n) is 15.9. The number of hydrogen-bond acceptors (Lipinski definition) is 6. The second-order valence-corrected chi connectivity index (χ2v) is 7.01. The van der Waals surface area contributed by atoms with E-state index in [4.69, 9.17) is 14.2 Å². The van der Waals surface area contributed by atoms with Gasteiger partial charge in [-0.05, 0) is 25.0 Å². The molecule has 0 bridgehead atoms. The highest BCUT2D eigenvalue weighted by Crippen LogP contribution is 2.40. The van der Waals surface area contributed by atoms with Crippen molar-refractivity contribution in [2.24, 2.45) is 0 Å². The fraction of sp³-hybridized carbons (Fsp3) is 0.579. The number of carbonyl (C=O) groups excluding carboxylic acids is 2. The van der Waals surface area contributed by atoms with Crippen molar-refractivity contribution >= 4 is 24.2 Å². The lowest BCUT2D eigenvalue weighted by atomic mass is 10.0. The first-order chi connectivity index (χ1) is 13.2. The molecule has 0 aliphatic carbocycles. The number of piperazine rings is 1. The van der Waals surface area contributed by atoms with Crippen LogP contribution in [0.5, 0.6) is 17.2 Å². The van der Waals surface area contributed by atoms with Crippen LogP contribution in [0.25, 0.3) is 0 Å². The normalized spacial score (nSPS) is 21.8. The topological polar surface area (TPSA) is 80.3 Å². The molecule has 2 saturated heterocycles. The van der Waals surface area contributed by atoms with Gasteiger partial charge in [0.2, 0.25) is 11.7 Å². The minimum atomic E-state index is -0.0717. The van der Waals surface area contributed by atoms with Gasteiger partial charge in [0.1, 0.15) is 13.2 Å². The van der Waals surface area contributed by atoms with Gasteiger partial charge in [-0.15, -0.1) is 12.4 Å². The maximum Gasteiger partial charge on any atom is 0.254 e. The van der Waals surface area contributed by atoms with Crippen molar-refractivity contribution in [3.8, 4) is 17.2 Å². The Morgan fingerprint density at radius 2 is 2.07 bits per heavy atom. The third kappa shape index (κ3) is 3.98. The molecule has 0 aromatic heterocycles. The van der Waals surface area contributed by atoms with E-state index in [1.165, 1.54) is 0 Å². The third-order valence-electron chi connectivity index (χ3n) is 5.33. The summed E-state index contributed by atoms with van der Waals surface area (Å²) in [6.45, 7) is 4.03. The Morgan fingerprint density at radius 1 is 1.25 bits per heavy atom. The van der Waals surface area contributed by atoms with Crippen molar-refractivity contribution < 1.29 is 23.8 Å². The molecule has 1 N–H and O–H groups in total. The van der Waals surface area contributed by atoms with Gasteiger partial charge in [0.25, 0.3) is 5.91 Å². The maximum absolute atomic E-state index is 13.1. The number of rotatable bonds is 3. The average molecular weight is 412 g/mol. The molecule has 28 heavy (non-hydrogen) atoms. The average Bonchev–Trinajstić information content (AvgIpc) is 2.72. The number of ether oxygens (including phenoxy) is 3. The Balaban J connectivity index is 0.00000225. The van der Waals surface area contributed by atoms with E-state index in [0.29, 0.717) is 62.2 Å². The summed E-state index contributed by atoms with van der Waals surface area (Å²) in [5.74, 6) is 1.62. The van der Waals surface area contributed by atoms with Crippen molar-refractivity contribution in [2.45, 2.75) is 18.9 Å². The molecular formula is C19H26ClN3O5. The second-order valence-electron chi connectivity index (χ2n) is 7.01. The lowest BCUT2D eigenvalue weighted by Crippen LogP contribution is -2.57. The molecule has 0 saturated carbocycles. The number of likely N-dealkylation sites (tertiary alicyclic amines) is 1. The highest BCUT2D eigenvalue weighted by Gasteiger charge is 2.32. The molecule has 0 spiro atoms. The number of halogens is 1. The Kier molecular flexibility index (Phi) is 6.51. The maximum atomic E-state index is 13.1.